The van der Waals surface area contributed by atoms with Crippen molar-refractivity contribution in [2.75, 3.05) is 20.3 Å². The summed E-state index contributed by atoms with van der Waals surface area (Å²) in [6.45, 7) is 2.46. The van der Waals surface area contributed by atoms with Gasteiger partial charge in [0.25, 0.3) is 0 Å². The van der Waals surface area contributed by atoms with Gasteiger partial charge in [0.1, 0.15) is 5.82 Å². The van der Waals surface area contributed by atoms with Crippen LogP contribution in [0.2, 0.25) is 0 Å². The summed E-state index contributed by atoms with van der Waals surface area (Å²) >= 11 is 3.23. The largest absolute Gasteiger partial charge is 0.396 e. The third-order valence-corrected chi connectivity index (χ3v) is 3.25. The highest BCUT2D eigenvalue weighted by Gasteiger charge is 2.15. The molecule has 1 rings (SSSR count). The zero-order valence-corrected chi connectivity index (χ0v) is 12.2. The monoisotopic (exact) mass is 319 g/mol. The SMILES string of the molecule is COCC(CCO)NC(C)c1ccc(Br)cc1F. The molecule has 2 atom stereocenters. The molecule has 5 heteroatoms. The first-order valence-corrected chi connectivity index (χ1v) is 6.68. The van der Waals surface area contributed by atoms with Crippen molar-refractivity contribution in [3.8, 4) is 0 Å². The Morgan fingerprint density at radius 1 is 1.50 bits per heavy atom. The van der Waals surface area contributed by atoms with Gasteiger partial charge < -0.3 is 15.2 Å². The lowest BCUT2D eigenvalue weighted by Gasteiger charge is -2.23. The maximum absolute atomic E-state index is 13.8. The number of benzene rings is 1. The van der Waals surface area contributed by atoms with E-state index in [-0.39, 0.29) is 24.5 Å². The molecule has 0 fully saturated rings. The second-order valence-electron chi connectivity index (χ2n) is 4.22. The second kappa shape index (κ2) is 7.84. The molecule has 1 aromatic rings. The lowest BCUT2D eigenvalue weighted by Crippen LogP contribution is -2.36. The molecule has 2 N–H and O–H groups in total. The smallest absolute Gasteiger partial charge is 0.129 e. The molecule has 0 aliphatic heterocycles. The van der Waals surface area contributed by atoms with Crippen LogP contribution in [0.3, 0.4) is 0 Å². The van der Waals surface area contributed by atoms with Crippen molar-refractivity contribution in [3.05, 3.63) is 34.1 Å². The number of aliphatic hydroxyl groups excluding tert-OH is 1. The average molecular weight is 320 g/mol. The van der Waals surface area contributed by atoms with Crippen LogP contribution in [0.15, 0.2) is 22.7 Å². The fourth-order valence-corrected chi connectivity index (χ4v) is 2.20. The standard InChI is InChI=1S/C13H19BrFNO2/c1-9(16-11(5-6-17)8-18-2)12-4-3-10(14)7-13(12)15/h3-4,7,9,11,16-17H,5-6,8H2,1-2H3. The maximum Gasteiger partial charge on any atom is 0.129 e. The minimum atomic E-state index is -0.246. The molecule has 0 bridgehead atoms. The Bertz CT molecular complexity index is 370. The third-order valence-electron chi connectivity index (χ3n) is 2.76. The summed E-state index contributed by atoms with van der Waals surface area (Å²) in [5, 5.41) is 12.2. The second-order valence-corrected chi connectivity index (χ2v) is 5.13. The molecule has 2 unspecified atom stereocenters. The van der Waals surface area contributed by atoms with E-state index in [0.29, 0.717) is 18.6 Å². The van der Waals surface area contributed by atoms with E-state index in [4.69, 9.17) is 9.84 Å². The Labute approximate surface area is 115 Å². The number of rotatable bonds is 7. The number of hydrogen-bond acceptors (Lipinski definition) is 3. The van der Waals surface area contributed by atoms with Gasteiger partial charge >= 0.3 is 0 Å². The minimum absolute atomic E-state index is 0.0121. The summed E-state index contributed by atoms with van der Waals surface area (Å²) in [6, 6.07) is 4.89. The van der Waals surface area contributed by atoms with Crippen molar-refractivity contribution in [2.45, 2.75) is 25.4 Å². The Kier molecular flexibility index (Phi) is 6.78. The molecule has 18 heavy (non-hydrogen) atoms. The van der Waals surface area contributed by atoms with E-state index >= 15 is 0 Å². The van der Waals surface area contributed by atoms with Gasteiger partial charge in [0.15, 0.2) is 0 Å². The zero-order chi connectivity index (χ0) is 13.5. The highest BCUT2D eigenvalue weighted by molar-refractivity contribution is 9.10. The number of hydrogen-bond donors (Lipinski definition) is 2. The highest BCUT2D eigenvalue weighted by atomic mass is 79.9. The van der Waals surface area contributed by atoms with Gasteiger partial charge in [-0.05, 0) is 25.5 Å². The molecule has 0 spiro atoms. The van der Waals surface area contributed by atoms with Crippen LogP contribution < -0.4 is 5.32 Å². The predicted octanol–water partition coefficient (Wildman–Crippen LogP) is 2.64. The van der Waals surface area contributed by atoms with Crippen LogP contribution in [0.1, 0.15) is 24.9 Å². The van der Waals surface area contributed by atoms with Gasteiger partial charge in [0.05, 0.1) is 6.61 Å². The van der Waals surface area contributed by atoms with Gasteiger partial charge in [-0.15, -0.1) is 0 Å². The van der Waals surface area contributed by atoms with E-state index < -0.39 is 0 Å². The van der Waals surface area contributed by atoms with Gasteiger partial charge in [-0.1, -0.05) is 22.0 Å². The first kappa shape index (κ1) is 15.6. The van der Waals surface area contributed by atoms with E-state index in [1.54, 1.807) is 13.2 Å². The fourth-order valence-electron chi connectivity index (χ4n) is 1.87. The van der Waals surface area contributed by atoms with Gasteiger partial charge in [-0.2, -0.15) is 0 Å². The van der Waals surface area contributed by atoms with Crippen molar-refractivity contribution in [1.82, 2.24) is 5.32 Å². The normalized spacial score (nSPS) is 14.5. The molecule has 0 radical (unpaired) electrons. The quantitative estimate of drug-likeness (QED) is 0.811. The van der Waals surface area contributed by atoms with Crippen molar-refractivity contribution in [2.24, 2.45) is 0 Å². The van der Waals surface area contributed by atoms with Crippen LogP contribution in [0.25, 0.3) is 0 Å². The van der Waals surface area contributed by atoms with Crippen molar-refractivity contribution < 1.29 is 14.2 Å². The van der Waals surface area contributed by atoms with E-state index in [9.17, 15) is 4.39 Å². The number of methoxy groups -OCH3 is 1. The van der Waals surface area contributed by atoms with Crippen LogP contribution in [0.4, 0.5) is 4.39 Å². The number of aliphatic hydroxyl groups is 1. The molecular formula is C13H19BrFNO2. The molecule has 3 nitrogen and oxygen atoms in total. The molecule has 0 heterocycles. The number of ether oxygens (including phenoxy) is 1. The molecular weight excluding hydrogens is 301 g/mol. The van der Waals surface area contributed by atoms with Gasteiger partial charge in [0, 0.05) is 35.8 Å². The molecule has 0 aliphatic rings. The van der Waals surface area contributed by atoms with Crippen molar-refractivity contribution in [1.29, 1.82) is 0 Å². The summed E-state index contributed by atoms with van der Waals surface area (Å²) in [7, 11) is 1.61. The van der Waals surface area contributed by atoms with Crippen LogP contribution >= 0.6 is 15.9 Å². The Morgan fingerprint density at radius 3 is 2.78 bits per heavy atom. The summed E-state index contributed by atoms with van der Waals surface area (Å²) < 4.78 is 19.6. The van der Waals surface area contributed by atoms with E-state index in [1.807, 2.05) is 13.0 Å². The van der Waals surface area contributed by atoms with E-state index in [0.717, 1.165) is 4.47 Å². The molecule has 0 aromatic heterocycles. The van der Waals surface area contributed by atoms with Crippen LogP contribution in [-0.2, 0) is 4.74 Å². The topological polar surface area (TPSA) is 41.5 Å². The first-order valence-electron chi connectivity index (χ1n) is 5.89. The number of halogens is 2. The molecule has 1 aromatic carbocycles. The molecule has 0 saturated heterocycles. The van der Waals surface area contributed by atoms with Gasteiger partial charge in [0.2, 0.25) is 0 Å². The fraction of sp³-hybridized carbons (Fsp3) is 0.538. The summed E-state index contributed by atoms with van der Waals surface area (Å²) in [5.41, 5.74) is 0.609. The lowest BCUT2D eigenvalue weighted by atomic mass is 10.1. The summed E-state index contributed by atoms with van der Waals surface area (Å²) in [5.74, 6) is -0.246. The number of nitrogens with one attached hydrogen (secondary N) is 1. The lowest BCUT2D eigenvalue weighted by molar-refractivity contribution is 0.143. The summed E-state index contributed by atoms with van der Waals surface area (Å²) in [6.07, 6.45) is 0.580. The van der Waals surface area contributed by atoms with Crippen LogP contribution in [-0.4, -0.2) is 31.5 Å². The Hall–Kier alpha value is -0.490. The Morgan fingerprint density at radius 2 is 2.22 bits per heavy atom. The average Bonchev–Trinajstić information content (AvgIpc) is 2.29. The molecule has 102 valence electrons. The first-order chi connectivity index (χ1) is 8.58. The highest BCUT2D eigenvalue weighted by Crippen LogP contribution is 2.21. The van der Waals surface area contributed by atoms with Gasteiger partial charge in [-0.25, -0.2) is 4.39 Å². The summed E-state index contributed by atoms with van der Waals surface area (Å²) in [4.78, 5) is 0. The molecule has 0 saturated carbocycles. The molecule has 0 amide bonds. The van der Waals surface area contributed by atoms with Crippen LogP contribution in [0, 0.1) is 5.82 Å². The third kappa shape index (κ3) is 4.65. The van der Waals surface area contributed by atoms with E-state index in [2.05, 4.69) is 21.2 Å². The zero-order valence-electron chi connectivity index (χ0n) is 10.6. The molecule has 0 aliphatic carbocycles. The predicted molar refractivity (Wildman–Crippen MR) is 73.0 cm³/mol. The van der Waals surface area contributed by atoms with Gasteiger partial charge in [-0.3, -0.25) is 0 Å². The Balaban J connectivity index is 2.70. The van der Waals surface area contributed by atoms with Crippen molar-refractivity contribution in [3.63, 3.8) is 0 Å². The van der Waals surface area contributed by atoms with Crippen molar-refractivity contribution >= 4 is 15.9 Å². The van der Waals surface area contributed by atoms with Crippen LogP contribution in [0.5, 0.6) is 0 Å². The van der Waals surface area contributed by atoms with E-state index in [1.165, 1.54) is 6.07 Å². The maximum atomic E-state index is 13.8. The minimum Gasteiger partial charge on any atom is -0.396 e.